The van der Waals surface area contributed by atoms with Crippen LogP contribution in [0.15, 0.2) is 4.41 Å². The topological polar surface area (TPSA) is 15.6 Å². The molecule has 2 unspecified atom stereocenters. The lowest BCUT2D eigenvalue weighted by Gasteiger charge is -2.40. The van der Waals surface area contributed by atoms with Gasteiger partial charge in [0.1, 0.15) is 6.56 Å². The molecule has 0 aliphatic heterocycles. The fourth-order valence-corrected chi connectivity index (χ4v) is 18.2. The Morgan fingerprint density at radius 3 is 1.67 bits per heavy atom. The Balaban J connectivity index is 5.79. The molecule has 2 nitrogen and oxygen atoms in total. The van der Waals surface area contributed by atoms with Gasteiger partial charge in [-0.2, -0.15) is 0 Å². The quantitative estimate of drug-likeness (QED) is 0.333. The predicted molar refractivity (Wildman–Crippen MR) is 94.5 cm³/mol. The summed E-state index contributed by atoms with van der Waals surface area (Å²) >= 11 is 13.8. The molecular formula is C11H29Cl2N2PSi2. The third kappa shape index (κ3) is 5.30. The zero-order valence-electron chi connectivity index (χ0n) is 13.1. The van der Waals surface area contributed by atoms with Gasteiger partial charge >= 0.3 is 0 Å². The highest BCUT2D eigenvalue weighted by Crippen LogP contribution is 2.66. The number of halogens is 2. The molecule has 2 atom stereocenters. The van der Waals surface area contributed by atoms with Gasteiger partial charge in [0.15, 0.2) is 8.24 Å². The standard InChI is InChI=1S/C11H29Cl2N2PSi2/c1-9-15(10-2)16(13,14-18(6,7)8)11(12)17(3,4)5/h11H,9-10H2,1-8H3. The van der Waals surface area contributed by atoms with Crippen molar-refractivity contribution >= 4 is 45.7 Å². The van der Waals surface area contributed by atoms with Gasteiger partial charge in [-0.3, -0.25) is 4.67 Å². The highest BCUT2D eigenvalue weighted by molar-refractivity contribution is 7.93. The van der Waals surface area contributed by atoms with Crippen molar-refractivity contribution in [2.45, 2.75) is 57.9 Å². The van der Waals surface area contributed by atoms with E-state index in [9.17, 15) is 0 Å². The molecule has 0 heterocycles. The van der Waals surface area contributed by atoms with Crippen LogP contribution in [0.4, 0.5) is 0 Å². The summed E-state index contributed by atoms with van der Waals surface area (Å²) < 4.78 is 7.43. The minimum Gasteiger partial charge on any atom is -0.311 e. The molecule has 0 radical (unpaired) electrons. The van der Waals surface area contributed by atoms with E-state index in [0.717, 1.165) is 13.1 Å². The Bertz CT molecular complexity index is 320. The predicted octanol–water partition coefficient (Wildman–Crippen LogP) is 5.88. The summed E-state index contributed by atoms with van der Waals surface area (Å²) in [6, 6.07) is 0. The molecule has 0 fully saturated rings. The molecule has 110 valence electrons. The molecule has 0 aromatic carbocycles. The number of alkyl halides is 1. The van der Waals surface area contributed by atoms with Crippen LogP contribution in [0.5, 0.6) is 0 Å². The normalized spacial score (nSPS) is 18.6. The Labute approximate surface area is 125 Å². The molecule has 0 aromatic heterocycles. The van der Waals surface area contributed by atoms with Crippen LogP contribution >= 0.6 is 29.4 Å². The van der Waals surface area contributed by atoms with Crippen molar-refractivity contribution in [3.63, 3.8) is 0 Å². The molecule has 18 heavy (non-hydrogen) atoms. The van der Waals surface area contributed by atoms with Gasteiger partial charge < -0.3 is 4.41 Å². The van der Waals surface area contributed by atoms with Gasteiger partial charge in [-0.05, 0) is 19.6 Å². The van der Waals surface area contributed by atoms with E-state index in [-0.39, 0.29) is 4.74 Å². The minimum atomic E-state index is -2.09. The first kappa shape index (κ1) is 19.2. The Morgan fingerprint density at radius 2 is 1.44 bits per heavy atom. The average molecular weight is 347 g/mol. The second kappa shape index (κ2) is 6.77. The van der Waals surface area contributed by atoms with Crippen molar-refractivity contribution in [1.29, 1.82) is 0 Å². The first-order chi connectivity index (χ1) is 7.88. The SMILES string of the molecule is CCN(CC)P(Cl)(=N[Si](C)(C)C)C(Cl)[Si](C)(C)C. The van der Waals surface area contributed by atoms with Crippen molar-refractivity contribution in [3.05, 3.63) is 0 Å². The fourth-order valence-electron chi connectivity index (χ4n) is 1.79. The molecule has 0 N–H and O–H groups in total. The highest BCUT2D eigenvalue weighted by atomic mass is 35.7. The highest BCUT2D eigenvalue weighted by Gasteiger charge is 2.41. The fraction of sp³-hybridized carbons (Fsp3) is 1.00. The van der Waals surface area contributed by atoms with Crippen molar-refractivity contribution in [2.75, 3.05) is 13.1 Å². The zero-order valence-corrected chi connectivity index (χ0v) is 17.5. The van der Waals surface area contributed by atoms with Crippen molar-refractivity contribution < 1.29 is 0 Å². The molecule has 0 bridgehead atoms. The van der Waals surface area contributed by atoms with Crippen LogP contribution in [0, 0.1) is 0 Å². The van der Waals surface area contributed by atoms with Crippen LogP contribution in [-0.2, 0) is 0 Å². The van der Waals surface area contributed by atoms with Crippen molar-refractivity contribution in [1.82, 2.24) is 4.67 Å². The second-order valence-corrected chi connectivity index (χ2v) is 22.4. The summed E-state index contributed by atoms with van der Waals surface area (Å²) in [7, 11) is -3.11. The van der Waals surface area contributed by atoms with Crippen LogP contribution in [0.1, 0.15) is 13.8 Å². The molecule has 0 saturated heterocycles. The smallest absolute Gasteiger partial charge is 0.173 e. The first-order valence-corrected chi connectivity index (χ1v) is 16.7. The lowest BCUT2D eigenvalue weighted by atomic mass is 10.7. The van der Waals surface area contributed by atoms with Gasteiger partial charge in [-0.25, -0.2) is 0 Å². The van der Waals surface area contributed by atoms with E-state index in [1.165, 1.54) is 0 Å². The summed E-state index contributed by atoms with van der Waals surface area (Å²) in [5.41, 5.74) is 0. The summed E-state index contributed by atoms with van der Waals surface area (Å²) in [4.78, 5) is 0. The lowest BCUT2D eigenvalue weighted by Crippen LogP contribution is -2.38. The van der Waals surface area contributed by atoms with E-state index >= 15 is 0 Å². The molecule has 0 spiro atoms. The van der Waals surface area contributed by atoms with E-state index in [2.05, 4.69) is 57.8 Å². The van der Waals surface area contributed by atoms with Gasteiger partial charge in [0.25, 0.3) is 0 Å². The molecule has 0 aliphatic carbocycles. The van der Waals surface area contributed by atoms with Gasteiger partial charge in [0, 0.05) is 13.1 Å². The van der Waals surface area contributed by atoms with Gasteiger partial charge in [0.05, 0.1) is 12.8 Å². The third-order valence-corrected chi connectivity index (χ3v) is 18.3. The van der Waals surface area contributed by atoms with E-state index in [1.54, 1.807) is 0 Å². The molecule has 0 amide bonds. The number of hydrogen-bond acceptors (Lipinski definition) is 1. The van der Waals surface area contributed by atoms with Crippen LogP contribution in [0.3, 0.4) is 0 Å². The van der Waals surface area contributed by atoms with Crippen LogP contribution in [0.2, 0.25) is 39.3 Å². The molecule has 0 aliphatic rings. The number of hydrogen-bond donors (Lipinski definition) is 0. The number of nitrogens with zero attached hydrogens (tertiary/aromatic N) is 2. The molecule has 0 aromatic rings. The Hall–Kier alpha value is 1.20. The lowest BCUT2D eigenvalue weighted by molar-refractivity contribution is 0.508. The first-order valence-electron chi connectivity index (χ1n) is 6.60. The maximum Gasteiger partial charge on any atom is 0.173 e. The summed E-state index contributed by atoms with van der Waals surface area (Å²) in [5, 5.41) is 0. The summed E-state index contributed by atoms with van der Waals surface area (Å²) in [6.45, 7) is 17.6. The molecular weight excluding hydrogens is 318 g/mol. The molecule has 0 saturated carbocycles. The van der Waals surface area contributed by atoms with E-state index in [4.69, 9.17) is 27.3 Å². The molecule has 0 rings (SSSR count). The number of rotatable bonds is 6. The van der Waals surface area contributed by atoms with Crippen LogP contribution in [0.25, 0.3) is 0 Å². The van der Waals surface area contributed by atoms with Crippen LogP contribution in [-0.4, -0.2) is 38.8 Å². The monoisotopic (exact) mass is 346 g/mol. The third-order valence-electron chi connectivity index (χ3n) is 2.57. The van der Waals surface area contributed by atoms with E-state index in [0.29, 0.717) is 0 Å². The van der Waals surface area contributed by atoms with E-state index in [1.807, 2.05) is 0 Å². The maximum absolute atomic E-state index is 7.03. The van der Waals surface area contributed by atoms with Gasteiger partial charge in [-0.1, -0.05) is 44.7 Å². The van der Waals surface area contributed by atoms with Crippen LogP contribution < -0.4 is 0 Å². The Kier molecular flexibility index (Phi) is 7.23. The summed E-state index contributed by atoms with van der Waals surface area (Å²) in [6.07, 6.45) is 0. The minimum absolute atomic E-state index is 0.0262. The second-order valence-electron chi connectivity index (χ2n) is 6.68. The van der Waals surface area contributed by atoms with Crippen molar-refractivity contribution in [2.24, 2.45) is 4.41 Å². The largest absolute Gasteiger partial charge is 0.311 e. The summed E-state index contributed by atoms with van der Waals surface area (Å²) in [5.74, 6) is 0. The molecule has 7 heteroatoms. The maximum atomic E-state index is 7.03. The van der Waals surface area contributed by atoms with Gasteiger partial charge in [0.2, 0.25) is 0 Å². The Morgan fingerprint density at radius 1 is 1.06 bits per heavy atom. The van der Waals surface area contributed by atoms with Crippen molar-refractivity contribution in [3.8, 4) is 0 Å². The zero-order chi connectivity index (χ0) is 14.8. The van der Waals surface area contributed by atoms with E-state index < -0.39 is 22.9 Å². The van der Waals surface area contributed by atoms with Gasteiger partial charge in [-0.15, -0.1) is 11.6 Å². The average Bonchev–Trinajstić information content (AvgIpc) is 2.14.